The zero-order valence-corrected chi connectivity index (χ0v) is 9.89. The van der Waals surface area contributed by atoms with Gasteiger partial charge in [0, 0.05) is 23.7 Å². The van der Waals surface area contributed by atoms with Gasteiger partial charge in [-0.1, -0.05) is 18.2 Å². The van der Waals surface area contributed by atoms with Crippen LogP contribution in [-0.4, -0.2) is 31.2 Å². The Morgan fingerprint density at radius 1 is 1.47 bits per heavy atom. The van der Waals surface area contributed by atoms with Gasteiger partial charge in [0.25, 0.3) is 0 Å². The molecule has 82 valence electrons. The lowest BCUT2D eigenvalue weighted by Crippen LogP contribution is -2.30. The lowest BCUT2D eigenvalue weighted by molar-refractivity contribution is 0.405. The minimum absolute atomic E-state index is 0.502. The summed E-state index contributed by atoms with van der Waals surface area (Å²) in [6.45, 7) is 1.10. The molecule has 0 radical (unpaired) electrons. The summed E-state index contributed by atoms with van der Waals surface area (Å²) < 4.78 is 22.4. The van der Waals surface area contributed by atoms with Crippen LogP contribution < -0.4 is 0 Å². The molecule has 2 rings (SSSR count). The second-order valence-electron chi connectivity index (χ2n) is 3.43. The summed E-state index contributed by atoms with van der Waals surface area (Å²) in [5.74, 6) is 4.13. The molecule has 15 heavy (non-hydrogen) atoms. The van der Waals surface area contributed by atoms with Crippen molar-refractivity contribution in [2.45, 2.75) is 11.4 Å². The number of rotatable bonds is 1. The first-order valence-electron chi connectivity index (χ1n) is 4.63. The number of hydrogen-bond donors (Lipinski definition) is 1. The van der Waals surface area contributed by atoms with Crippen molar-refractivity contribution in [3.05, 3.63) is 29.8 Å². The summed E-state index contributed by atoms with van der Waals surface area (Å²) in [4.78, 5) is 1.20. The number of fused-ring (bicyclic) bond motifs is 1. The van der Waals surface area contributed by atoms with E-state index in [4.69, 9.17) is 0 Å². The highest BCUT2D eigenvalue weighted by Gasteiger charge is 2.18. The Kier molecular flexibility index (Phi) is 3.06. The number of hydrogen-bond acceptors (Lipinski definition) is 2. The smallest absolute Gasteiger partial charge is 0.141 e. The van der Waals surface area contributed by atoms with Crippen LogP contribution in [0.25, 0.3) is 0 Å². The van der Waals surface area contributed by atoms with Crippen LogP contribution in [0.2, 0.25) is 0 Å². The van der Waals surface area contributed by atoms with E-state index in [1.54, 1.807) is 11.8 Å². The van der Waals surface area contributed by atoms with E-state index in [1.165, 1.54) is 9.20 Å². The van der Waals surface area contributed by atoms with Crippen molar-refractivity contribution in [3.8, 4) is 0 Å². The van der Waals surface area contributed by atoms with E-state index in [1.807, 2.05) is 24.3 Å². The highest BCUT2D eigenvalue weighted by atomic mass is 32.2. The van der Waals surface area contributed by atoms with Gasteiger partial charge >= 0.3 is 0 Å². The lowest BCUT2D eigenvalue weighted by Gasteiger charge is -2.19. The minimum atomic E-state index is -3.07. The van der Waals surface area contributed by atoms with E-state index < -0.39 is 9.99 Å². The van der Waals surface area contributed by atoms with Crippen molar-refractivity contribution in [1.29, 1.82) is 0 Å². The molecule has 1 aromatic carbocycles. The maximum absolute atomic E-state index is 11.5. The van der Waals surface area contributed by atoms with Gasteiger partial charge in [-0.25, -0.2) is 8.51 Å². The summed E-state index contributed by atoms with van der Waals surface area (Å²) >= 11 is 1.72. The molecule has 1 heterocycles. The van der Waals surface area contributed by atoms with Crippen LogP contribution in [0.5, 0.6) is 0 Å². The second-order valence-corrected chi connectivity index (χ2v) is 6.29. The monoisotopic (exact) mass is 243 g/mol. The zero-order chi connectivity index (χ0) is 10.9. The van der Waals surface area contributed by atoms with Gasteiger partial charge in [-0.3, -0.25) is 0 Å². The van der Waals surface area contributed by atoms with Gasteiger partial charge in [-0.05, 0) is 17.5 Å². The van der Waals surface area contributed by atoms with Crippen molar-refractivity contribution < 1.29 is 8.76 Å². The molecule has 1 aliphatic rings. The average Bonchev–Trinajstić information content (AvgIpc) is 2.38. The number of thioether (sulfide) groups is 1. The van der Waals surface area contributed by atoms with Crippen LogP contribution in [0.15, 0.2) is 29.2 Å². The Morgan fingerprint density at radius 3 is 2.93 bits per heavy atom. The first kappa shape index (κ1) is 11.0. The molecule has 0 spiro atoms. The van der Waals surface area contributed by atoms with Crippen LogP contribution in [0, 0.1) is 0 Å². The highest BCUT2D eigenvalue weighted by molar-refractivity contribution is 7.99. The van der Waals surface area contributed by atoms with Crippen molar-refractivity contribution in [2.24, 2.45) is 0 Å². The predicted molar refractivity (Wildman–Crippen MR) is 65.5 cm³/mol. The summed E-state index contributed by atoms with van der Waals surface area (Å²) in [6, 6.07) is 7.98. The molecule has 3 nitrogen and oxygen atoms in total. The van der Waals surface area contributed by atoms with E-state index in [-0.39, 0.29) is 0 Å². The van der Waals surface area contributed by atoms with Crippen molar-refractivity contribution >= 4 is 27.6 Å². The Hall–Kier alpha value is -0.490. The van der Waals surface area contributed by atoms with Gasteiger partial charge in [-0.15, -0.1) is 11.8 Å². The summed E-state index contributed by atoms with van der Waals surface area (Å²) in [5.41, 5.74) is 1.10. The Labute approximate surface area is 94.5 Å². The third-order valence-corrected chi connectivity index (χ3v) is 4.54. The normalized spacial score (nSPS) is 21.4. The fraction of sp³-hybridized carbons (Fsp3) is 0.300. The molecule has 1 N–H and O–H groups in total. The molecule has 1 atom stereocenters. The number of benzene rings is 1. The predicted octanol–water partition coefficient (Wildman–Crippen LogP) is 1.70. The summed E-state index contributed by atoms with van der Waals surface area (Å²) in [5, 5.41) is 0. The third-order valence-electron chi connectivity index (χ3n) is 2.32. The van der Waals surface area contributed by atoms with Gasteiger partial charge in [0.2, 0.25) is 0 Å². The van der Waals surface area contributed by atoms with Crippen molar-refractivity contribution in [3.63, 3.8) is 0 Å². The zero-order valence-electron chi connectivity index (χ0n) is 8.26. The molecule has 0 saturated heterocycles. The fourth-order valence-corrected chi connectivity index (χ4v) is 3.40. The molecule has 1 aliphatic heterocycles. The Morgan fingerprint density at radius 2 is 2.20 bits per heavy atom. The summed E-state index contributed by atoms with van der Waals surface area (Å²) in [6.07, 6.45) is 0. The van der Waals surface area contributed by atoms with E-state index in [2.05, 4.69) is 5.87 Å². The highest BCUT2D eigenvalue weighted by Crippen LogP contribution is 2.27. The van der Waals surface area contributed by atoms with Gasteiger partial charge in [0.15, 0.2) is 0 Å². The molecule has 0 aliphatic carbocycles. The molecule has 0 amide bonds. The summed E-state index contributed by atoms with van der Waals surface area (Å²) in [7, 11) is -3.07. The lowest BCUT2D eigenvalue weighted by atomic mass is 10.2. The van der Waals surface area contributed by atoms with E-state index in [0.29, 0.717) is 13.1 Å². The minimum Gasteiger partial charge on any atom is -0.302 e. The standard InChI is InChI=1S/C10H13NO2S2/c1-15(12,13)11-6-7-14-10-5-3-2-4-9(10)8-11/h2-5H,1,6-8H2,(H,12,13). The van der Waals surface area contributed by atoms with Crippen LogP contribution in [0.4, 0.5) is 0 Å². The van der Waals surface area contributed by atoms with Gasteiger partial charge in [-0.2, -0.15) is 0 Å². The third kappa shape index (κ3) is 2.55. The molecule has 1 aromatic rings. The van der Waals surface area contributed by atoms with E-state index in [0.717, 1.165) is 11.3 Å². The van der Waals surface area contributed by atoms with Crippen LogP contribution in [0.3, 0.4) is 0 Å². The first-order valence-corrected chi connectivity index (χ1v) is 7.25. The second kappa shape index (κ2) is 4.17. The SMILES string of the molecule is C=S(=O)(O)N1CCSc2ccccc2C1. The quantitative estimate of drug-likeness (QED) is 0.763. The van der Waals surface area contributed by atoms with Gasteiger partial charge in [0.05, 0.1) is 0 Å². The molecule has 0 bridgehead atoms. The van der Waals surface area contributed by atoms with Gasteiger partial charge in [0.1, 0.15) is 9.99 Å². The van der Waals surface area contributed by atoms with Crippen molar-refractivity contribution in [1.82, 2.24) is 4.31 Å². The topological polar surface area (TPSA) is 40.5 Å². The van der Waals surface area contributed by atoms with E-state index in [9.17, 15) is 8.76 Å². The molecular formula is C10H13NO2S2. The molecule has 0 aromatic heterocycles. The van der Waals surface area contributed by atoms with E-state index >= 15 is 0 Å². The Bertz CT molecular complexity index is 456. The molecule has 5 heteroatoms. The van der Waals surface area contributed by atoms with Crippen LogP contribution in [0.1, 0.15) is 5.56 Å². The Balaban J connectivity index is 2.33. The maximum Gasteiger partial charge on any atom is 0.141 e. The first-order chi connectivity index (χ1) is 7.07. The average molecular weight is 243 g/mol. The molecule has 0 saturated carbocycles. The van der Waals surface area contributed by atoms with Crippen LogP contribution >= 0.6 is 11.8 Å². The molecular weight excluding hydrogens is 230 g/mol. The molecule has 1 unspecified atom stereocenters. The van der Waals surface area contributed by atoms with Crippen molar-refractivity contribution in [2.75, 3.05) is 12.3 Å². The largest absolute Gasteiger partial charge is 0.302 e. The number of nitrogens with zero attached hydrogens (tertiary/aromatic N) is 1. The molecule has 0 fully saturated rings. The van der Waals surface area contributed by atoms with Gasteiger partial charge < -0.3 is 4.55 Å². The van der Waals surface area contributed by atoms with Crippen LogP contribution in [-0.2, 0) is 16.5 Å². The fourth-order valence-electron chi connectivity index (χ4n) is 1.55. The maximum atomic E-state index is 11.5.